The topological polar surface area (TPSA) is 30.7 Å². The van der Waals surface area contributed by atoms with Gasteiger partial charge in [0.15, 0.2) is 0 Å². The SMILES string of the molecule is Cc1csc(C(C)n2c(CCl)nc3cc(I)ccc32)n1. The first-order valence-corrected chi connectivity index (χ1v) is 8.74. The third-order valence-corrected chi connectivity index (χ3v) is 5.27. The second-order valence-corrected chi connectivity index (χ2v) is 7.07. The van der Waals surface area contributed by atoms with Crippen molar-refractivity contribution >= 4 is 56.6 Å². The Balaban J connectivity index is 2.18. The number of thiazole rings is 1. The fraction of sp³-hybridized carbons (Fsp3) is 0.286. The molecule has 0 spiro atoms. The molecule has 0 saturated carbocycles. The lowest BCUT2D eigenvalue weighted by atomic mass is 10.3. The van der Waals surface area contributed by atoms with Crippen LogP contribution < -0.4 is 0 Å². The number of hydrogen-bond donors (Lipinski definition) is 0. The van der Waals surface area contributed by atoms with E-state index in [1.54, 1.807) is 11.3 Å². The lowest BCUT2D eigenvalue weighted by molar-refractivity contribution is 0.628. The minimum atomic E-state index is 0.146. The molecule has 3 aromatic rings. The summed E-state index contributed by atoms with van der Waals surface area (Å²) >= 11 is 10.1. The van der Waals surface area contributed by atoms with E-state index < -0.39 is 0 Å². The molecule has 20 heavy (non-hydrogen) atoms. The molecule has 0 bridgehead atoms. The number of halogens is 2. The molecule has 1 atom stereocenters. The molecule has 1 unspecified atom stereocenters. The third kappa shape index (κ3) is 2.46. The fourth-order valence-electron chi connectivity index (χ4n) is 2.32. The van der Waals surface area contributed by atoms with E-state index in [4.69, 9.17) is 11.6 Å². The Hall–Kier alpha value is -0.660. The predicted octanol–water partition coefficient (Wildman–Crippen LogP) is 4.75. The summed E-state index contributed by atoms with van der Waals surface area (Å²) in [6.45, 7) is 4.16. The quantitative estimate of drug-likeness (QED) is 0.455. The van der Waals surface area contributed by atoms with Gasteiger partial charge in [0, 0.05) is 14.6 Å². The van der Waals surface area contributed by atoms with Crippen molar-refractivity contribution in [2.24, 2.45) is 0 Å². The van der Waals surface area contributed by atoms with Crippen LogP contribution in [0.5, 0.6) is 0 Å². The van der Waals surface area contributed by atoms with Crippen LogP contribution in [0.4, 0.5) is 0 Å². The summed E-state index contributed by atoms with van der Waals surface area (Å²) in [5.41, 5.74) is 3.16. The maximum Gasteiger partial charge on any atom is 0.125 e. The Labute approximate surface area is 140 Å². The molecule has 0 N–H and O–H groups in total. The van der Waals surface area contributed by atoms with Crippen LogP contribution in [0.2, 0.25) is 0 Å². The smallest absolute Gasteiger partial charge is 0.125 e. The van der Waals surface area contributed by atoms with E-state index in [1.165, 1.54) is 3.57 Å². The predicted molar refractivity (Wildman–Crippen MR) is 92.7 cm³/mol. The summed E-state index contributed by atoms with van der Waals surface area (Å²) in [4.78, 5) is 9.24. The van der Waals surface area contributed by atoms with Gasteiger partial charge in [-0.15, -0.1) is 22.9 Å². The Morgan fingerprint density at radius 3 is 2.85 bits per heavy atom. The van der Waals surface area contributed by atoms with Gasteiger partial charge in [-0.05, 0) is 54.6 Å². The molecule has 2 aromatic heterocycles. The summed E-state index contributed by atoms with van der Waals surface area (Å²) in [5, 5.41) is 3.17. The highest BCUT2D eigenvalue weighted by Crippen LogP contribution is 2.29. The molecular formula is C14H13ClIN3S. The monoisotopic (exact) mass is 417 g/mol. The number of rotatable bonds is 3. The molecule has 0 aliphatic heterocycles. The lowest BCUT2D eigenvalue weighted by Gasteiger charge is -2.14. The van der Waals surface area contributed by atoms with E-state index in [0.29, 0.717) is 5.88 Å². The van der Waals surface area contributed by atoms with E-state index in [-0.39, 0.29) is 6.04 Å². The van der Waals surface area contributed by atoms with Crippen LogP contribution in [0.3, 0.4) is 0 Å². The van der Waals surface area contributed by atoms with E-state index in [2.05, 4.69) is 67.6 Å². The van der Waals surface area contributed by atoms with Crippen molar-refractivity contribution in [1.29, 1.82) is 0 Å². The zero-order valence-corrected chi connectivity index (χ0v) is 14.8. The molecule has 1 aromatic carbocycles. The molecule has 0 aliphatic rings. The highest BCUT2D eigenvalue weighted by atomic mass is 127. The average molecular weight is 418 g/mol. The first kappa shape index (κ1) is 14.3. The zero-order chi connectivity index (χ0) is 14.3. The number of nitrogens with zero attached hydrogens (tertiary/aromatic N) is 3. The van der Waals surface area contributed by atoms with E-state index in [9.17, 15) is 0 Å². The Morgan fingerprint density at radius 1 is 1.40 bits per heavy atom. The first-order valence-electron chi connectivity index (χ1n) is 6.24. The second kappa shape index (κ2) is 5.61. The second-order valence-electron chi connectivity index (χ2n) is 4.67. The van der Waals surface area contributed by atoms with Crippen LogP contribution in [-0.2, 0) is 5.88 Å². The van der Waals surface area contributed by atoms with Gasteiger partial charge in [-0.1, -0.05) is 0 Å². The van der Waals surface area contributed by atoms with Crippen LogP contribution in [0.25, 0.3) is 11.0 Å². The average Bonchev–Trinajstić information content (AvgIpc) is 3.00. The maximum atomic E-state index is 6.08. The number of aromatic nitrogens is 3. The van der Waals surface area contributed by atoms with Crippen molar-refractivity contribution < 1.29 is 0 Å². The van der Waals surface area contributed by atoms with Gasteiger partial charge < -0.3 is 4.57 Å². The number of hydrogen-bond acceptors (Lipinski definition) is 3. The van der Waals surface area contributed by atoms with Crippen molar-refractivity contribution in [1.82, 2.24) is 14.5 Å². The standard InChI is InChI=1S/C14H13ClIN3S/c1-8-7-20-14(17-8)9(2)19-12-4-3-10(16)5-11(12)18-13(19)6-15/h3-5,7,9H,6H2,1-2H3. The Kier molecular flexibility index (Phi) is 4.01. The van der Waals surface area contributed by atoms with E-state index in [1.807, 2.05) is 6.92 Å². The molecule has 3 rings (SSSR count). The normalized spacial score (nSPS) is 13.0. The van der Waals surface area contributed by atoms with Gasteiger partial charge in [0.2, 0.25) is 0 Å². The molecule has 0 aliphatic carbocycles. The molecule has 0 radical (unpaired) electrons. The van der Waals surface area contributed by atoms with Crippen LogP contribution in [0.15, 0.2) is 23.6 Å². The van der Waals surface area contributed by atoms with Crippen molar-refractivity contribution in [3.8, 4) is 0 Å². The first-order chi connectivity index (χ1) is 9.60. The van der Waals surface area contributed by atoms with Crippen molar-refractivity contribution in [2.75, 3.05) is 0 Å². The molecule has 0 saturated heterocycles. The van der Waals surface area contributed by atoms with E-state index >= 15 is 0 Å². The van der Waals surface area contributed by atoms with Crippen molar-refractivity contribution in [3.63, 3.8) is 0 Å². The van der Waals surface area contributed by atoms with Crippen LogP contribution >= 0.6 is 45.5 Å². The summed E-state index contributed by atoms with van der Waals surface area (Å²) in [5.74, 6) is 1.30. The van der Waals surface area contributed by atoms with Gasteiger partial charge in [0.05, 0.1) is 23.0 Å². The molecule has 3 nitrogen and oxygen atoms in total. The van der Waals surface area contributed by atoms with Crippen molar-refractivity contribution in [3.05, 3.63) is 43.7 Å². The Bertz CT molecular complexity index is 765. The van der Waals surface area contributed by atoms with Crippen LogP contribution in [0, 0.1) is 10.5 Å². The lowest BCUT2D eigenvalue weighted by Crippen LogP contribution is -2.09. The highest BCUT2D eigenvalue weighted by Gasteiger charge is 2.19. The highest BCUT2D eigenvalue weighted by molar-refractivity contribution is 14.1. The molecule has 0 fully saturated rings. The zero-order valence-electron chi connectivity index (χ0n) is 11.1. The minimum absolute atomic E-state index is 0.146. The number of benzene rings is 1. The number of fused-ring (bicyclic) bond motifs is 1. The summed E-state index contributed by atoms with van der Waals surface area (Å²) in [6.07, 6.45) is 0. The van der Waals surface area contributed by atoms with Gasteiger partial charge in [-0.2, -0.15) is 0 Å². The minimum Gasteiger partial charge on any atom is -0.317 e. The van der Waals surface area contributed by atoms with Gasteiger partial charge in [0.1, 0.15) is 10.8 Å². The third-order valence-electron chi connectivity index (χ3n) is 3.23. The van der Waals surface area contributed by atoms with Crippen molar-refractivity contribution in [2.45, 2.75) is 25.8 Å². The van der Waals surface area contributed by atoms with Gasteiger partial charge in [-0.25, -0.2) is 9.97 Å². The fourth-order valence-corrected chi connectivity index (χ4v) is 3.83. The van der Waals surface area contributed by atoms with Crippen LogP contribution in [-0.4, -0.2) is 14.5 Å². The van der Waals surface area contributed by atoms with Gasteiger partial charge in [-0.3, -0.25) is 0 Å². The largest absolute Gasteiger partial charge is 0.317 e. The maximum absolute atomic E-state index is 6.08. The number of aryl methyl sites for hydroxylation is 1. The van der Waals surface area contributed by atoms with E-state index in [0.717, 1.165) is 27.6 Å². The molecule has 104 valence electrons. The Morgan fingerprint density at radius 2 is 2.20 bits per heavy atom. The van der Waals surface area contributed by atoms with Gasteiger partial charge in [0.25, 0.3) is 0 Å². The number of imidazole rings is 1. The molecule has 2 heterocycles. The summed E-state index contributed by atoms with van der Waals surface area (Å²) in [6, 6.07) is 6.44. The molecule has 0 amide bonds. The van der Waals surface area contributed by atoms with Gasteiger partial charge >= 0.3 is 0 Å². The summed E-state index contributed by atoms with van der Waals surface area (Å²) < 4.78 is 3.37. The molecule has 6 heteroatoms. The van der Waals surface area contributed by atoms with Crippen LogP contribution in [0.1, 0.15) is 29.5 Å². The summed E-state index contributed by atoms with van der Waals surface area (Å²) in [7, 11) is 0. The molecular weight excluding hydrogens is 405 g/mol. The number of alkyl halides is 1.